The summed E-state index contributed by atoms with van der Waals surface area (Å²) >= 11 is 0. The van der Waals surface area contributed by atoms with Crippen LogP contribution in [0.5, 0.6) is 5.75 Å². The van der Waals surface area contributed by atoms with Crippen LogP contribution in [0.25, 0.3) is 17.1 Å². The van der Waals surface area contributed by atoms with Crippen molar-refractivity contribution >= 4 is 0 Å². The van der Waals surface area contributed by atoms with Gasteiger partial charge in [0, 0.05) is 17.4 Å². The van der Waals surface area contributed by atoms with Crippen molar-refractivity contribution in [1.82, 2.24) is 4.57 Å². The molecular weight excluding hydrogens is 238 g/mol. The predicted molar refractivity (Wildman–Crippen MR) is 74.8 cm³/mol. The monoisotopic (exact) mass is 253 g/mol. The molecule has 0 bridgehead atoms. The van der Waals surface area contributed by atoms with E-state index in [4.69, 9.17) is 9.15 Å². The van der Waals surface area contributed by atoms with E-state index in [-0.39, 0.29) is 0 Å². The number of methoxy groups -OCH3 is 1. The summed E-state index contributed by atoms with van der Waals surface area (Å²) < 4.78 is 12.9. The van der Waals surface area contributed by atoms with Gasteiger partial charge in [-0.15, -0.1) is 0 Å². The lowest BCUT2D eigenvalue weighted by Crippen LogP contribution is -1.98. The van der Waals surface area contributed by atoms with E-state index in [1.54, 1.807) is 13.4 Å². The maximum Gasteiger partial charge on any atom is 0.150 e. The quantitative estimate of drug-likeness (QED) is 0.704. The topological polar surface area (TPSA) is 27.3 Å². The largest absolute Gasteiger partial charge is 0.497 e. The van der Waals surface area contributed by atoms with Gasteiger partial charge in [-0.2, -0.15) is 0 Å². The van der Waals surface area contributed by atoms with Crippen molar-refractivity contribution in [3.8, 4) is 22.9 Å². The summed E-state index contributed by atoms with van der Waals surface area (Å²) in [6, 6.07) is 16.0. The van der Waals surface area contributed by atoms with Gasteiger partial charge in [-0.05, 0) is 43.3 Å². The second-order valence-corrected chi connectivity index (χ2v) is 4.37. The summed E-state index contributed by atoms with van der Waals surface area (Å²) in [4.78, 5) is 0. The molecule has 0 aliphatic rings. The van der Waals surface area contributed by atoms with E-state index in [0.29, 0.717) is 0 Å². The molecule has 3 aromatic rings. The molecule has 0 saturated heterocycles. The van der Waals surface area contributed by atoms with Crippen LogP contribution in [0.3, 0.4) is 0 Å². The molecule has 96 valence electrons. The Bertz CT molecular complexity index is 681. The van der Waals surface area contributed by atoms with Crippen molar-refractivity contribution in [1.29, 1.82) is 0 Å². The van der Waals surface area contributed by atoms with Gasteiger partial charge in [-0.1, -0.05) is 6.07 Å². The first-order chi connectivity index (χ1) is 9.29. The Morgan fingerprint density at radius 3 is 2.68 bits per heavy atom. The minimum absolute atomic E-state index is 0.844. The summed E-state index contributed by atoms with van der Waals surface area (Å²) in [5, 5.41) is 0. The number of hydrogen-bond donors (Lipinski definition) is 0. The summed E-state index contributed by atoms with van der Waals surface area (Å²) in [7, 11) is 1.68. The third-order valence-corrected chi connectivity index (χ3v) is 3.16. The van der Waals surface area contributed by atoms with Crippen molar-refractivity contribution in [3.05, 3.63) is 60.5 Å². The molecule has 2 aromatic heterocycles. The van der Waals surface area contributed by atoms with Crippen LogP contribution in [-0.4, -0.2) is 11.7 Å². The van der Waals surface area contributed by atoms with E-state index in [1.807, 2.05) is 30.3 Å². The average molecular weight is 253 g/mol. The number of hydrogen-bond acceptors (Lipinski definition) is 2. The van der Waals surface area contributed by atoms with E-state index >= 15 is 0 Å². The predicted octanol–water partition coefficient (Wildman–Crippen LogP) is 4.05. The van der Waals surface area contributed by atoms with Crippen LogP contribution in [-0.2, 0) is 0 Å². The Hall–Kier alpha value is -2.42. The van der Waals surface area contributed by atoms with Gasteiger partial charge in [0.15, 0.2) is 5.76 Å². The number of furan rings is 1. The van der Waals surface area contributed by atoms with Crippen LogP contribution in [0.1, 0.15) is 5.69 Å². The van der Waals surface area contributed by atoms with Gasteiger partial charge in [0.2, 0.25) is 0 Å². The molecule has 1 aromatic carbocycles. The van der Waals surface area contributed by atoms with Crippen LogP contribution < -0.4 is 4.74 Å². The molecule has 0 spiro atoms. The Morgan fingerprint density at radius 2 is 1.95 bits per heavy atom. The fourth-order valence-electron chi connectivity index (χ4n) is 2.25. The van der Waals surface area contributed by atoms with Crippen LogP contribution in [0.2, 0.25) is 0 Å². The molecule has 0 radical (unpaired) electrons. The van der Waals surface area contributed by atoms with Gasteiger partial charge in [0.1, 0.15) is 5.75 Å². The number of ether oxygens (including phenoxy) is 1. The molecular formula is C16H15NO2. The second-order valence-electron chi connectivity index (χ2n) is 4.37. The molecule has 19 heavy (non-hydrogen) atoms. The average Bonchev–Trinajstić information content (AvgIpc) is 3.07. The molecule has 0 saturated carbocycles. The highest BCUT2D eigenvalue weighted by Gasteiger charge is 2.11. The second kappa shape index (κ2) is 4.69. The van der Waals surface area contributed by atoms with Crippen molar-refractivity contribution < 1.29 is 9.15 Å². The van der Waals surface area contributed by atoms with E-state index in [1.165, 1.54) is 0 Å². The Labute approximate surface area is 112 Å². The smallest absolute Gasteiger partial charge is 0.150 e. The lowest BCUT2D eigenvalue weighted by atomic mass is 10.2. The first kappa shape index (κ1) is 11.7. The van der Waals surface area contributed by atoms with Crippen LogP contribution in [0, 0.1) is 6.92 Å². The Balaban J connectivity index is 2.16. The Morgan fingerprint density at radius 1 is 1.05 bits per heavy atom. The van der Waals surface area contributed by atoms with Crippen LogP contribution >= 0.6 is 0 Å². The summed E-state index contributed by atoms with van der Waals surface area (Å²) in [6.45, 7) is 2.08. The minimum Gasteiger partial charge on any atom is -0.497 e. The summed E-state index contributed by atoms with van der Waals surface area (Å²) in [5.41, 5.74) is 3.25. The fourth-order valence-corrected chi connectivity index (χ4v) is 2.25. The molecule has 0 aliphatic heterocycles. The maximum absolute atomic E-state index is 5.50. The van der Waals surface area contributed by atoms with Gasteiger partial charge in [0.05, 0.1) is 19.1 Å². The van der Waals surface area contributed by atoms with Crippen molar-refractivity contribution in [2.75, 3.05) is 7.11 Å². The lowest BCUT2D eigenvalue weighted by Gasteiger charge is -2.11. The van der Waals surface area contributed by atoms with Gasteiger partial charge in [-0.25, -0.2) is 0 Å². The molecule has 0 aliphatic carbocycles. The first-order valence-electron chi connectivity index (χ1n) is 6.16. The van der Waals surface area contributed by atoms with Gasteiger partial charge in [0.25, 0.3) is 0 Å². The highest BCUT2D eigenvalue weighted by atomic mass is 16.5. The van der Waals surface area contributed by atoms with E-state index < -0.39 is 0 Å². The summed E-state index contributed by atoms with van der Waals surface area (Å²) in [5.74, 6) is 1.70. The number of nitrogens with zero attached hydrogens (tertiary/aromatic N) is 1. The zero-order chi connectivity index (χ0) is 13.2. The standard InChI is InChI=1S/C16H15NO2/c1-12-8-9-15(16-7-4-10-19-16)17(12)13-5-3-6-14(11-13)18-2/h3-11H,1-2H3. The normalized spacial score (nSPS) is 10.6. The van der Waals surface area contributed by atoms with Crippen LogP contribution in [0.4, 0.5) is 0 Å². The third kappa shape index (κ3) is 2.03. The minimum atomic E-state index is 0.844. The van der Waals surface area contributed by atoms with Gasteiger partial charge in [-0.3, -0.25) is 0 Å². The lowest BCUT2D eigenvalue weighted by molar-refractivity contribution is 0.414. The van der Waals surface area contributed by atoms with Crippen molar-refractivity contribution in [2.24, 2.45) is 0 Å². The highest BCUT2D eigenvalue weighted by molar-refractivity contribution is 5.59. The molecule has 0 fully saturated rings. The molecule has 0 unspecified atom stereocenters. The van der Waals surface area contributed by atoms with Gasteiger partial charge >= 0.3 is 0 Å². The zero-order valence-corrected chi connectivity index (χ0v) is 11.0. The molecule has 3 heteroatoms. The fraction of sp³-hybridized carbons (Fsp3) is 0.125. The Kier molecular flexibility index (Phi) is 2.88. The van der Waals surface area contributed by atoms with E-state index in [2.05, 4.69) is 29.7 Å². The maximum atomic E-state index is 5.50. The molecule has 0 N–H and O–H groups in total. The highest BCUT2D eigenvalue weighted by Crippen LogP contribution is 2.28. The molecule has 3 nitrogen and oxygen atoms in total. The molecule has 2 heterocycles. The number of aryl methyl sites for hydroxylation is 1. The first-order valence-corrected chi connectivity index (χ1v) is 6.16. The molecule has 0 amide bonds. The van der Waals surface area contributed by atoms with E-state index in [0.717, 1.165) is 28.6 Å². The third-order valence-electron chi connectivity index (χ3n) is 3.16. The zero-order valence-electron chi connectivity index (χ0n) is 11.0. The SMILES string of the molecule is COc1cccc(-n2c(C)ccc2-c2ccco2)c1. The van der Waals surface area contributed by atoms with E-state index in [9.17, 15) is 0 Å². The van der Waals surface area contributed by atoms with Crippen molar-refractivity contribution in [2.45, 2.75) is 6.92 Å². The van der Waals surface area contributed by atoms with Gasteiger partial charge < -0.3 is 13.7 Å². The summed E-state index contributed by atoms with van der Waals surface area (Å²) in [6.07, 6.45) is 1.69. The number of benzene rings is 1. The number of rotatable bonds is 3. The molecule has 0 atom stereocenters. The van der Waals surface area contributed by atoms with Crippen LogP contribution in [0.15, 0.2) is 59.2 Å². The number of aromatic nitrogens is 1. The molecule has 3 rings (SSSR count). The van der Waals surface area contributed by atoms with Crippen molar-refractivity contribution in [3.63, 3.8) is 0 Å².